The highest BCUT2D eigenvalue weighted by Gasteiger charge is 2.11. The smallest absolute Gasteiger partial charge is 0.239 e. The number of amides is 2. The Labute approximate surface area is 161 Å². The minimum Gasteiger partial charge on any atom is -0.348 e. The lowest BCUT2D eigenvalue weighted by Crippen LogP contribution is -2.38. The molecule has 1 unspecified atom stereocenters. The number of carbonyl (C=O) groups is 2. The van der Waals surface area contributed by atoms with Crippen molar-refractivity contribution >= 4 is 11.8 Å². The van der Waals surface area contributed by atoms with E-state index in [0.29, 0.717) is 5.56 Å². The van der Waals surface area contributed by atoms with Crippen LogP contribution in [0.3, 0.4) is 0 Å². The van der Waals surface area contributed by atoms with E-state index in [1.54, 1.807) is 23.1 Å². The van der Waals surface area contributed by atoms with Gasteiger partial charge in [-0.15, -0.1) is 0 Å². The van der Waals surface area contributed by atoms with Gasteiger partial charge >= 0.3 is 0 Å². The van der Waals surface area contributed by atoms with E-state index in [0.717, 1.165) is 11.3 Å². The number of benzene rings is 2. The number of hydrogen-bond acceptors (Lipinski definition) is 4. The minimum atomic E-state index is -0.397. The van der Waals surface area contributed by atoms with Gasteiger partial charge in [0.25, 0.3) is 0 Å². The zero-order valence-electron chi connectivity index (χ0n) is 15.3. The molecule has 2 N–H and O–H groups in total. The zero-order valence-corrected chi connectivity index (χ0v) is 15.3. The van der Waals surface area contributed by atoms with E-state index < -0.39 is 5.82 Å². The Balaban J connectivity index is 1.47. The SMILES string of the molecule is CC(NC(=O)CNC(=O)Cc1cccc(F)c1)c1ccc(-n2cncn2)cc1. The summed E-state index contributed by atoms with van der Waals surface area (Å²) in [6.07, 6.45) is 3.08. The molecule has 1 aromatic heterocycles. The molecule has 0 aliphatic rings. The molecule has 0 bridgehead atoms. The zero-order chi connectivity index (χ0) is 19.9. The summed E-state index contributed by atoms with van der Waals surface area (Å²) < 4.78 is 14.8. The maximum absolute atomic E-state index is 13.1. The van der Waals surface area contributed by atoms with Crippen LogP contribution in [-0.2, 0) is 16.0 Å². The molecular weight excluding hydrogens is 361 g/mol. The van der Waals surface area contributed by atoms with E-state index >= 15 is 0 Å². The maximum atomic E-state index is 13.1. The van der Waals surface area contributed by atoms with Gasteiger partial charge in [-0.1, -0.05) is 24.3 Å². The Hall–Kier alpha value is -3.55. The van der Waals surface area contributed by atoms with Crippen molar-refractivity contribution in [3.8, 4) is 5.69 Å². The van der Waals surface area contributed by atoms with E-state index in [2.05, 4.69) is 20.7 Å². The highest BCUT2D eigenvalue weighted by molar-refractivity contribution is 5.85. The molecule has 3 aromatic rings. The average molecular weight is 381 g/mol. The molecule has 0 spiro atoms. The second-order valence-corrected chi connectivity index (χ2v) is 6.30. The van der Waals surface area contributed by atoms with Crippen LogP contribution in [0, 0.1) is 5.82 Å². The van der Waals surface area contributed by atoms with Crippen molar-refractivity contribution < 1.29 is 14.0 Å². The number of aromatic nitrogens is 3. The van der Waals surface area contributed by atoms with Crippen LogP contribution < -0.4 is 10.6 Å². The summed E-state index contributed by atoms with van der Waals surface area (Å²) in [5.74, 6) is -1.04. The molecule has 28 heavy (non-hydrogen) atoms. The lowest BCUT2D eigenvalue weighted by molar-refractivity contribution is -0.126. The first-order valence-corrected chi connectivity index (χ1v) is 8.77. The minimum absolute atomic E-state index is 0.0182. The van der Waals surface area contributed by atoms with Crippen molar-refractivity contribution in [2.75, 3.05) is 6.54 Å². The molecule has 0 aliphatic carbocycles. The molecule has 7 nitrogen and oxygen atoms in total. The fourth-order valence-electron chi connectivity index (χ4n) is 2.71. The summed E-state index contributed by atoms with van der Waals surface area (Å²) in [5, 5.41) is 9.43. The lowest BCUT2D eigenvalue weighted by atomic mass is 10.1. The summed E-state index contributed by atoms with van der Waals surface area (Å²) in [4.78, 5) is 27.9. The van der Waals surface area contributed by atoms with Gasteiger partial charge in [0.1, 0.15) is 18.5 Å². The van der Waals surface area contributed by atoms with Crippen LogP contribution in [0.15, 0.2) is 61.2 Å². The van der Waals surface area contributed by atoms with Crippen molar-refractivity contribution in [3.63, 3.8) is 0 Å². The standard InChI is InChI=1S/C20H20FN5O2/c1-14(16-5-7-18(8-6-16)26-13-22-12-24-26)25-20(28)11-23-19(27)10-15-3-2-4-17(21)9-15/h2-9,12-14H,10-11H2,1H3,(H,23,27)(H,25,28). The van der Waals surface area contributed by atoms with Crippen molar-refractivity contribution in [1.82, 2.24) is 25.4 Å². The summed E-state index contributed by atoms with van der Waals surface area (Å²) in [7, 11) is 0. The van der Waals surface area contributed by atoms with E-state index in [9.17, 15) is 14.0 Å². The van der Waals surface area contributed by atoms with Gasteiger partial charge in [0, 0.05) is 0 Å². The third-order valence-corrected chi connectivity index (χ3v) is 4.15. The normalized spacial score (nSPS) is 11.6. The molecule has 3 rings (SSSR count). The molecule has 0 aliphatic heterocycles. The molecule has 8 heteroatoms. The molecule has 0 saturated carbocycles. The third kappa shape index (κ3) is 5.23. The number of rotatable bonds is 7. The molecule has 0 fully saturated rings. The predicted octanol–water partition coefficient (Wildman–Crippen LogP) is 1.94. The van der Waals surface area contributed by atoms with Crippen LogP contribution in [0.4, 0.5) is 4.39 Å². The van der Waals surface area contributed by atoms with Gasteiger partial charge in [0.2, 0.25) is 11.8 Å². The third-order valence-electron chi connectivity index (χ3n) is 4.15. The van der Waals surface area contributed by atoms with Gasteiger partial charge in [-0.3, -0.25) is 9.59 Å². The van der Waals surface area contributed by atoms with Gasteiger partial charge in [-0.2, -0.15) is 5.10 Å². The average Bonchev–Trinajstić information content (AvgIpc) is 3.21. The fraction of sp³-hybridized carbons (Fsp3) is 0.200. The largest absolute Gasteiger partial charge is 0.348 e. The molecule has 144 valence electrons. The van der Waals surface area contributed by atoms with Crippen molar-refractivity contribution in [1.29, 1.82) is 0 Å². The molecule has 1 atom stereocenters. The monoisotopic (exact) mass is 381 g/mol. The Morgan fingerprint density at radius 2 is 1.93 bits per heavy atom. The Bertz CT molecular complexity index is 941. The van der Waals surface area contributed by atoms with Gasteiger partial charge < -0.3 is 10.6 Å². The molecular formula is C20H20FN5O2. The highest BCUT2D eigenvalue weighted by Crippen LogP contribution is 2.15. The fourth-order valence-corrected chi connectivity index (χ4v) is 2.71. The van der Waals surface area contributed by atoms with E-state index in [1.807, 2.05) is 31.2 Å². The van der Waals surface area contributed by atoms with Gasteiger partial charge in [0.15, 0.2) is 0 Å². The first-order chi connectivity index (χ1) is 13.5. The Morgan fingerprint density at radius 1 is 1.14 bits per heavy atom. The lowest BCUT2D eigenvalue weighted by Gasteiger charge is -2.15. The molecule has 0 radical (unpaired) electrons. The summed E-state index contributed by atoms with van der Waals surface area (Å²) >= 11 is 0. The number of carbonyl (C=O) groups excluding carboxylic acids is 2. The predicted molar refractivity (Wildman–Crippen MR) is 101 cm³/mol. The van der Waals surface area contributed by atoms with Crippen LogP contribution in [0.1, 0.15) is 24.1 Å². The van der Waals surface area contributed by atoms with Gasteiger partial charge in [0.05, 0.1) is 24.7 Å². The Kier molecular flexibility index (Phi) is 6.11. The van der Waals surface area contributed by atoms with Gasteiger partial charge in [-0.25, -0.2) is 14.1 Å². The molecule has 1 heterocycles. The quantitative estimate of drug-likeness (QED) is 0.655. The molecule has 2 amide bonds. The van der Waals surface area contributed by atoms with Crippen LogP contribution in [-0.4, -0.2) is 33.1 Å². The topological polar surface area (TPSA) is 88.9 Å². The number of halogens is 1. The second kappa shape index (κ2) is 8.90. The number of nitrogens with zero attached hydrogens (tertiary/aromatic N) is 3. The first-order valence-electron chi connectivity index (χ1n) is 8.77. The number of hydrogen-bond donors (Lipinski definition) is 2. The summed E-state index contributed by atoms with van der Waals surface area (Å²) in [5.41, 5.74) is 2.34. The molecule has 2 aromatic carbocycles. The highest BCUT2D eigenvalue weighted by atomic mass is 19.1. The van der Waals surface area contributed by atoms with Crippen molar-refractivity contribution in [3.05, 3.63) is 78.1 Å². The van der Waals surface area contributed by atoms with E-state index in [4.69, 9.17) is 0 Å². The second-order valence-electron chi connectivity index (χ2n) is 6.30. The van der Waals surface area contributed by atoms with Crippen LogP contribution in [0.2, 0.25) is 0 Å². The number of nitrogens with one attached hydrogen (secondary N) is 2. The van der Waals surface area contributed by atoms with Crippen LogP contribution >= 0.6 is 0 Å². The van der Waals surface area contributed by atoms with Crippen LogP contribution in [0.25, 0.3) is 5.69 Å². The van der Waals surface area contributed by atoms with E-state index in [1.165, 1.54) is 18.5 Å². The first kappa shape index (κ1) is 19.2. The van der Waals surface area contributed by atoms with Crippen molar-refractivity contribution in [2.24, 2.45) is 0 Å². The summed E-state index contributed by atoms with van der Waals surface area (Å²) in [6, 6.07) is 13.1. The Morgan fingerprint density at radius 3 is 2.61 bits per heavy atom. The van der Waals surface area contributed by atoms with Gasteiger partial charge in [-0.05, 0) is 42.3 Å². The van der Waals surface area contributed by atoms with Crippen molar-refractivity contribution in [2.45, 2.75) is 19.4 Å². The van der Waals surface area contributed by atoms with Crippen LogP contribution in [0.5, 0.6) is 0 Å². The van der Waals surface area contributed by atoms with E-state index in [-0.39, 0.29) is 30.8 Å². The molecule has 0 saturated heterocycles. The summed E-state index contributed by atoms with van der Waals surface area (Å²) in [6.45, 7) is 1.71. The maximum Gasteiger partial charge on any atom is 0.239 e.